The summed E-state index contributed by atoms with van der Waals surface area (Å²) in [7, 11) is -1.59. The van der Waals surface area contributed by atoms with Crippen molar-refractivity contribution in [2.75, 3.05) is 17.1 Å². The van der Waals surface area contributed by atoms with Crippen LogP contribution in [0, 0.1) is 6.92 Å². The van der Waals surface area contributed by atoms with Gasteiger partial charge in [0.05, 0.1) is 6.16 Å². The zero-order chi connectivity index (χ0) is 21.1. The zero-order valence-corrected chi connectivity index (χ0v) is 18.8. The van der Waals surface area contributed by atoms with Crippen LogP contribution in [0.2, 0.25) is 0 Å². The molecular weight excluding hydrogens is 395 g/mol. The fraction of sp³-hybridized carbons (Fsp3) is 0.458. The van der Waals surface area contributed by atoms with Crippen LogP contribution < -0.4 is 9.99 Å². The van der Waals surface area contributed by atoms with E-state index in [1.807, 2.05) is 54.3 Å². The van der Waals surface area contributed by atoms with Crippen molar-refractivity contribution in [2.45, 2.75) is 64.1 Å². The van der Waals surface area contributed by atoms with Crippen molar-refractivity contribution < 1.29 is 13.9 Å². The highest BCUT2D eigenvalue weighted by Gasteiger charge is 2.32. The second-order valence-corrected chi connectivity index (χ2v) is 10.8. The first-order valence-corrected chi connectivity index (χ1v) is 12.7. The number of aryl methyl sites for hydroxylation is 2. The Kier molecular flexibility index (Phi) is 6.31. The van der Waals surface area contributed by atoms with E-state index in [1.54, 1.807) is 0 Å². The molecule has 1 saturated carbocycles. The van der Waals surface area contributed by atoms with Crippen molar-refractivity contribution >= 4 is 24.8 Å². The van der Waals surface area contributed by atoms with Crippen molar-refractivity contribution in [3.8, 4) is 0 Å². The van der Waals surface area contributed by atoms with Gasteiger partial charge in [0.2, 0.25) is 5.91 Å². The molecule has 0 saturated heterocycles. The van der Waals surface area contributed by atoms with Gasteiger partial charge in [-0.1, -0.05) is 49.1 Å². The zero-order valence-electron chi connectivity index (χ0n) is 17.9. The quantitative estimate of drug-likeness (QED) is 0.571. The summed E-state index contributed by atoms with van der Waals surface area (Å²) >= 11 is 0. The molecule has 2 aliphatic rings. The lowest BCUT2D eigenvalue weighted by molar-refractivity contribution is -0.119. The first kappa shape index (κ1) is 21.1. The first-order chi connectivity index (χ1) is 14.5. The number of carbonyl (C=O) groups excluding carboxylic acids is 1. The van der Waals surface area contributed by atoms with Gasteiger partial charge in [0.1, 0.15) is 0 Å². The molecule has 1 unspecified atom stereocenters. The van der Waals surface area contributed by atoms with Crippen molar-refractivity contribution in [1.29, 1.82) is 0 Å². The van der Waals surface area contributed by atoms with Gasteiger partial charge in [0.25, 0.3) is 7.52 Å². The maximum absolute atomic E-state index is 13.3. The standard InChI is InChI=1S/C24H31N2O3P/c1-18-8-10-19(11-9-18)17-30(28,29-2)25-21-13-14-23-20(16-21)12-15-24(27)26(23)22-6-4-3-5-7-22/h8-11,13-14,16,22H,3-7,12,15,17H2,1-2H3,(H,25,28). The predicted octanol–water partition coefficient (Wildman–Crippen LogP) is 6.06. The number of benzene rings is 2. The van der Waals surface area contributed by atoms with Gasteiger partial charge in [-0.2, -0.15) is 0 Å². The average Bonchev–Trinajstić information content (AvgIpc) is 2.76. The highest BCUT2D eigenvalue weighted by atomic mass is 31.2. The van der Waals surface area contributed by atoms with E-state index in [4.69, 9.17) is 4.52 Å². The Bertz CT molecular complexity index is 951. The number of anilines is 2. The number of hydrogen-bond acceptors (Lipinski definition) is 3. The molecule has 2 aromatic carbocycles. The normalized spacial score (nSPS) is 19.3. The van der Waals surface area contributed by atoms with Crippen LogP contribution in [0.3, 0.4) is 0 Å². The molecule has 1 heterocycles. The fourth-order valence-electron chi connectivity index (χ4n) is 4.61. The van der Waals surface area contributed by atoms with Crippen LogP contribution in [0.1, 0.15) is 55.2 Å². The van der Waals surface area contributed by atoms with Gasteiger partial charge in [-0.25, -0.2) is 0 Å². The first-order valence-electron chi connectivity index (χ1n) is 10.9. The number of amides is 1. The topological polar surface area (TPSA) is 58.6 Å². The molecule has 5 nitrogen and oxygen atoms in total. The van der Waals surface area contributed by atoms with Gasteiger partial charge in [0, 0.05) is 30.9 Å². The van der Waals surface area contributed by atoms with E-state index < -0.39 is 7.52 Å². The molecule has 0 spiro atoms. The Hall–Kier alpha value is -2.10. The molecule has 0 radical (unpaired) electrons. The maximum Gasteiger partial charge on any atom is 0.297 e. The number of nitrogens with one attached hydrogen (secondary N) is 1. The van der Waals surface area contributed by atoms with E-state index in [2.05, 4.69) is 5.09 Å². The fourth-order valence-corrected chi connectivity index (χ4v) is 6.13. The minimum absolute atomic E-state index is 0.233. The molecule has 0 bridgehead atoms. The summed E-state index contributed by atoms with van der Waals surface area (Å²) in [5.41, 5.74) is 5.10. The Morgan fingerprint density at radius 3 is 2.50 bits per heavy atom. The third-order valence-corrected chi connectivity index (χ3v) is 8.23. The number of rotatable bonds is 6. The predicted molar refractivity (Wildman–Crippen MR) is 122 cm³/mol. The number of fused-ring (bicyclic) bond motifs is 1. The van der Waals surface area contributed by atoms with Crippen molar-refractivity contribution in [1.82, 2.24) is 0 Å². The smallest absolute Gasteiger partial charge is 0.297 e. The van der Waals surface area contributed by atoms with E-state index in [9.17, 15) is 9.36 Å². The SMILES string of the molecule is COP(=O)(Cc1ccc(C)cc1)Nc1ccc2c(c1)CCC(=O)N2C1CCCCC1. The summed E-state index contributed by atoms with van der Waals surface area (Å²) in [4.78, 5) is 14.7. The van der Waals surface area contributed by atoms with Gasteiger partial charge in [0.15, 0.2) is 0 Å². The van der Waals surface area contributed by atoms with Gasteiger partial charge in [-0.05, 0) is 55.5 Å². The molecule has 4 rings (SSSR count). The third kappa shape index (κ3) is 4.63. The second kappa shape index (κ2) is 8.95. The second-order valence-electron chi connectivity index (χ2n) is 8.51. The monoisotopic (exact) mass is 426 g/mol. The van der Waals surface area contributed by atoms with Crippen LogP contribution in [-0.2, 0) is 26.5 Å². The molecule has 1 atom stereocenters. The number of nitrogens with zero attached hydrogens (tertiary/aromatic N) is 1. The number of hydrogen-bond donors (Lipinski definition) is 1. The molecule has 6 heteroatoms. The summed E-state index contributed by atoms with van der Waals surface area (Å²) in [5.74, 6) is 0.233. The van der Waals surface area contributed by atoms with Crippen LogP contribution in [0.5, 0.6) is 0 Å². The lowest BCUT2D eigenvalue weighted by atomic mass is 9.90. The highest BCUT2D eigenvalue weighted by Crippen LogP contribution is 2.50. The molecule has 160 valence electrons. The summed E-state index contributed by atoms with van der Waals surface area (Å²) in [6.07, 6.45) is 7.41. The van der Waals surface area contributed by atoms with E-state index >= 15 is 0 Å². The molecule has 1 fully saturated rings. The van der Waals surface area contributed by atoms with Gasteiger partial charge < -0.3 is 14.5 Å². The molecular formula is C24H31N2O3P. The highest BCUT2D eigenvalue weighted by molar-refractivity contribution is 7.59. The summed E-state index contributed by atoms with van der Waals surface area (Å²) in [5, 5.41) is 3.15. The molecule has 2 aromatic rings. The minimum Gasteiger partial charge on any atom is -0.317 e. The van der Waals surface area contributed by atoms with Crippen molar-refractivity contribution in [3.63, 3.8) is 0 Å². The van der Waals surface area contributed by atoms with Crippen LogP contribution in [-0.4, -0.2) is 19.1 Å². The Labute approximate surface area is 179 Å². The molecule has 0 aromatic heterocycles. The average molecular weight is 426 g/mol. The lowest BCUT2D eigenvalue weighted by Gasteiger charge is -2.38. The largest absolute Gasteiger partial charge is 0.317 e. The maximum atomic E-state index is 13.3. The Balaban J connectivity index is 1.54. The summed E-state index contributed by atoms with van der Waals surface area (Å²) in [6, 6.07) is 14.3. The van der Waals surface area contributed by atoms with Crippen LogP contribution in [0.15, 0.2) is 42.5 Å². The summed E-state index contributed by atoms with van der Waals surface area (Å²) < 4.78 is 18.8. The lowest BCUT2D eigenvalue weighted by Crippen LogP contribution is -2.44. The van der Waals surface area contributed by atoms with Crippen molar-refractivity contribution in [3.05, 3.63) is 59.2 Å². The Morgan fingerprint density at radius 2 is 1.80 bits per heavy atom. The number of carbonyl (C=O) groups is 1. The molecule has 1 N–H and O–H groups in total. The van der Waals surface area contributed by atoms with Gasteiger partial charge in [-0.3, -0.25) is 9.36 Å². The molecule has 30 heavy (non-hydrogen) atoms. The van der Waals surface area contributed by atoms with E-state index in [0.717, 1.165) is 41.8 Å². The van der Waals surface area contributed by atoms with E-state index in [0.29, 0.717) is 18.6 Å². The van der Waals surface area contributed by atoms with Gasteiger partial charge >= 0.3 is 0 Å². The minimum atomic E-state index is -3.08. The van der Waals surface area contributed by atoms with Gasteiger partial charge in [-0.15, -0.1) is 0 Å². The van der Waals surface area contributed by atoms with E-state index in [1.165, 1.54) is 31.9 Å². The molecule has 1 aliphatic carbocycles. The van der Waals surface area contributed by atoms with Crippen LogP contribution in [0.25, 0.3) is 0 Å². The molecule has 1 aliphatic heterocycles. The van der Waals surface area contributed by atoms with Crippen LogP contribution >= 0.6 is 7.52 Å². The Morgan fingerprint density at radius 1 is 1.07 bits per heavy atom. The summed E-state index contributed by atoms with van der Waals surface area (Å²) in [6.45, 7) is 2.03. The van der Waals surface area contributed by atoms with E-state index in [-0.39, 0.29) is 5.91 Å². The van der Waals surface area contributed by atoms with Crippen molar-refractivity contribution in [2.24, 2.45) is 0 Å². The van der Waals surface area contributed by atoms with Crippen LogP contribution in [0.4, 0.5) is 11.4 Å². The molecule has 1 amide bonds. The third-order valence-electron chi connectivity index (χ3n) is 6.26.